The molecule has 0 bridgehead atoms. The first-order chi connectivity index (χ1) is 19.7. The summed E-state index contributed by atoms with van der Waals surface area (Å²) in [6, 6.07) is 23.6. The third-order valence-electron chi connectivity index (χ3n) is 6.94. The highest BCUT2D eigenvalue weighted by Crippen LogP contribution is 2.22. The predicted molar refractivity (Wildman–Crippen MR) is 164 cm³/mol. The Morgan fingerprint density at radius 3 is 1.55 bits per heavy atom. The second kappa shape index (κ2) is 19.6. The normalized spacial score (nSPS) is 11.1. The minimum absolute atomic E-state index is 0.403. The predicted octanol–water partition coefficient (Wildman–Crippen LogP) is 11.2. The van der Waals surface area contributed by atoms with Gasteiger partial charge < -0.3 is 9.47 Å². The summed E-state index contributed by atoms with van der Waals surface area (Å²) in [5.74, 6) is 0.970. The zero-order valence-electron chi connectivity index (χ0n) is 24.2. The van der Waals surface area contributed by atoms with E-state index in [1.54, 1.807) is 36.4 Å². The maximum atomic E-state index is 12.3. The molecule has 214 valence electrons. The van der Waals surface area contributed by atoms with Gasteiger partial charge >= 0.3 is 5.97 Å². The molecule has 0 aliphatic rings. The molecule has 0 saturated carbocycles. The Bertz CT molecular complexity index is 1100. The molecule has 5 heteroatoms. The third kappa shape index (κ3) is 13.1. The van der Waals surface area contributed by atoms with E-state index in [9.17, 15) is 4.79 Å². The van der Waals surface area contributed by atoms with Gasteiger partial charge in [0.15, 0.2) is 0 Å². The standard InChI is InChI=1S/C35H46N2O3/c1-2-3-4-5-6-7-8-9-10-11-12-13-14-18-29-39-33-27-25-32(26-28-33)37-36-31-23-21-30(22-24-31)35(38)40-34-19-16-15-17-20-34/h15-17,19-28H,2-14,18,29H2,1H3. The molecule has 0 aliphatic carbocycles. The van der Waals surface area contributed by atoms with E-state index >= 15 is 0 Å². The molecule has 5 nitrogen and oxygen atoms in total. The van der Waals surface area contributed by atoms with Crippen LogP contribution in [-0.4, -0.2) is 12.6 Å². The Morgan fingerprint density at radius 2 is 1.02 bits per heavy atom. The molecule has 40 heavy (non-hydrogen) atoms. The fourth-order valence-electron chi connectivity index (χ4n) is 4.53. The number of azo groups is 1. The largest absolute Gasteiger partial charge is 0.494 e. The van der Waals surface area contributed by atoms with Gasteiger partial charge in [-0.3, -0.25) is 0 Å². The van der Waals surface area contributed by atoms with E-state index in [1.165, 1.54) is 83.5 Å². The van der Waals surface area contributed by atoms with E-state index in [0.29, 0.717) is 17.0 Å². The average molecular weight is 543 g/mol. The molecule has 3 aromatic carbocycles. The topological polar surface area (TPSA) is 60.2 Å². The Balaban J connectivity index is 1.23. The first-order valence-electron chi connectivity index (χ1n) is 15.3. The summed E-state index contributed by atoms with van der Waals surface area (Å²) in [4.78, 5) is 12.3. The Kier molecular flexibility index (Phi) is 15.2. The molecule has 0 fully saturated rings. The highest BCUT2D eigenvalue weighted by Gasteiger charge is 2.08. The van der Waals surface area contributed by atoms with Crippen LogP contribution in [0.3, 0.4) is 0 Å². The van der Waals surface area contributed by atoms with Crippen molar-refractivity contribution in [1.29, 1.82) is 0 Å². The van der Waals surface area contributed by atoms with Crippen molar-refractivity contribution in [2.24, 2.45) is 10.2 Å². The number of hydrogen-bond donors (Lipinski definition) is 0. The van der Waals surface area contributed by atoms with E-state index in [2.05, 4.69) is 17.2 Å². The maximum absolute atomic E-state index is 12.3. The Labute approximate surface area is 241 Å². The zero-order valence-corrected chi connectivity index (χ0v) is 24.2. The molecule has 3 aromatic rings. The number of benzene rings is 3. The minimum Gasteiger partial charge on any atom is -0.494 e. The second-order valence-corrected chi connectivity index (χ2v) is 10.4. The molecule has 0 spiro atoms. The van der Waals surface area contributed by atoms with Gasteiger partial charge in [-0.05, 0) is 67.1 Å². The molecular formula is C35H46N2O3. The lowest BCUT2D eigenvalue weighted by Crippen LogP contribution is -2.07. The van der Waals surface area contributed by atoms with Crippen LogP contribution in [0.15, 0.2) is 89.1 Å². The van der Waals surface area contributed by atoms with Gasteiger partial charge in [-0.1, -0.05) is 109 Å². The van der Waals surface area contributed by atoms with Gasteiger partial charge in [0.2, 0.25) is 0 Å². The van der Waals surface area contributed by atoms with Crippen molar-refractivity contribution in [2.45, 2.75) is 96.8 Å². The summed E-state index contributed by atoms with van der Waals surface area (Å²) in [6.07, 6.45) is 19.0. The van der Waals surface area contributed by atoms with Crippen molar-refractivity contribution < 1.29 is 14.3 Å². The summed E-state index contributed by atoms with van der Waals surface area (Å²) in [5.41, 5.74) is 1.87. The molecule has 0 N–H and O–H groups in total. The number of ether oxygens (including phenoxy) is 2. The summed E-state index contributed by atoms with van der Waals surface area (Å²) in [6.45, 7) is 3.03. The SMILES string of the molecule is CCCCCCCCCCCCCCCCOc1ccc(N=Nc2ccc(C(=O)Oc3ccccc3)cc2)cc1. The highest BCUT2D eigenvalue weighted by atomic mass is 16.5. The molecule has 0 amide bonds. The number of esters is 1. The molecule has 3 rings (SSSR count). The van der Waals surface area contributed by atoms with Gasteiger partial charge in [0.25, 0.3) is 0 Å². The Hall–Kier alpha value is -3.47. The van der Waals surface area contributed by atoms with Crippen molar-refractivity contribution in [3.63, 3.8) is 0 Å². The van der Waals surface area contributed by atoms with Crippen LogP contribution >= 0.6 is 0 Å². The van der Waals surface area contributed by atoms with Gasteiger partial charge in [0.05, 0.1) is 23.5 Å². The van der Waals surface area contributed by atoms with Crippen LogP contribution in [0, 0.1) is 0 Å². The summed E-state index contributed by atoms with van der Waals surface area (Å²) in [5, 5.41) is 8.56. The minimum atomic E-state index is -0.403. The third-order valence-corrected chi connectivity index (χ3v) is 6.94. The van der Waals surface area contributed by atoms with E-state index in [-0.39, 0.29) is 0 Å². The lowest BCUT2D eigenvalue weighted by Gasteiger charge is -2.06. The van der Waals surface area contributed by atoms with E-state index in [0.717, 1.165) is 24.5 Å². The summed E-state index contributed by atoms with van der Waals surface area (Å²) in [7, 11) is 0. The van der Waals surface area contributed by atoms with Crippen LogP contribution in [0.2, 0.25) is 0 Å². The van der Waals surface area contributed by atoms with Gasteiger partial charge in [-0.2, -0.15) is 10.2 Å². The van der Waals surface area contributed by atoms with Gasteiger partial charge in [-0.15, -0.1) is 0 Å². The smallest absolute Gasteiger partial charge is 0.343 e. The monoisotopic (exact) mass is 542 g/mol. The lowest BCUT2D eigenvalue weighted by molar-refractivity contribution is 0.0735. The molecule has 0 saturated heterocycles. The molecule has 0 radical (unpaired) electrons. The number of hydrogen-bond acceptors (Lipinski definition) is 5. The van der Waals surface area contributed by atoms with Crippen LogP contribution < -0.4 is 9.47 Å². The number of carbonyl (C=O) groups is 1. The van der Waals surface area contributed by atoms with Gasteiger partial charge in [-0.25, -0.2) is 4.79 Å². The van der Waals surface area contributed by atoms with Crippen LogP contribution in [0.25, 0.3) is 0 Å². The lowest BCUT2D eigenvalue weighted by atomic mass is 10.0. The van der Waals surface area contributed by atoms with Crippen molar-refractivity contribution in [3.05, 3.63) is 84.4 Å². The fourth-order valence-corrected chi connectivity index (χ4v) is 4.53. The van der Waals surface area contributed by atoms with E-state index in [1.807, 2.05) is 42.5 Å². The van der Waals surface area contributed by atoms with Crippen molar-refractivity contribution in [1.82, 2.24) is 0 Å². The summed E-state index contributed by atoms with van der Waals surface area (Å²) >= 11 is 0. The first kappa shape index (κ1) is 31.1. The van der Waals surface area contributed by atoms with Gasteiger partial charge in [0, 0.05) is 0 Å². The van der Waals surface area contributed by atoms with E-state index < -0.39 is 5.97 Å². The second-order valence-electron chi connectivity index (χ2n) is 10.4. The fraction of sp³-hybridized carbons (Fsp3) is 0.457. The Morgan fingerprint density at radius 1 is 0.550 bits per heavy atom. The average Bonchev–Trinajstić information content (AvgIpc) is 2.99. The molecule has 0 aromatic heterocycles. The molecule has 0 heterocycles. The van der Waals surface area contributed by atoms with Crippen LogP contribution in [0.1, 0.15) is 107 Å². The number of rotatable bonds is 20. The van der Waals surface area contributed by atoms with Crippen molar-refractivity contribution in [3.8, 4) is 11.5 Å². The van der Waals surface area contributed by atoms with Crippen molar-refractivity contribution >= 4 is 17.3 Å². The zero-order chi connectivity index (χ0) is 28.1. The molecular weight excluding hydrogens is 496 g/mol. The first-order valence-corrected chi connectivity index (χ1v) is 15.3. The molecule has 0 atom stereocenters. The number of nitrogens with zero attached hydrogens (tertiary/aromatic N) is 2. The number of para-hydroxylation sites is 1. The molecule has 0 aliphatic heterocycles. The van der Waals surface area contributed by atoms with Crippen molar-refractivity contribution in [2.75, 3.05) is 6.61 Å². The number of unbranched alkanes of at least 4 members (excludes halogenated alkanes) is 13. The highest BCUT2D eigenvalue weighted by molar-refractivity contribution is 5.91. The number of carbonyl (C=O) groups excluding carboxylic acids is 1. The molecule has 0 unspecified atom stereocenters. The van der Waals surface area contributed by atoms with Crippen LogP contribution in [0.4, 0.5) is 11.4 Å². The quantitative estimate of drug-likeness (QED) is 0.0617. The van der Waals surface area contributed by atoms with Crippen LogP contribution in [-0.2, 0) is 0 Å². The van der Waals surface area contributed by atoms with E-state index in [4.69, 9.17) is 9.47 Å². The maximum Gasteiger partial charge on any atom is 0.343 e. The summed E-state index contributed by atoms with van der Waals surface area (Å²) < 4.78 is 11.3. The van der Waals surface area contributed by atoms with Crippen LogP contribution in [0.5, 0.6) is 11.5 Å². The van der Waals surface area contributed by atoms with Gasteiger partial charge in [0.1, 0.15) is 11.5 Å².